The van der Waals surface area contributed by atoms with Crippen LogP contribution in [0, 0.1) is 11.8 Å². The van der Waals surface area contributed by atoms with Gasteiger partial charge in [0.15, 0.2) is 9.76 Å². The zero-order valence-electron chi connectivity index (χ0n) is 13.0. The summed E-state index contributed by atoms with van der Waals surface area (Å²) in [5.41, 5.74) is 0. The standard InChI is InChI=1S/C17H32OSi/c1-14(2)18-19-17(16-11-7-4-8-12-16)13-15-9-5-3-6-10-15/h13-16H,3-12,19H2,1-2H3. The quantitative estimate of drug-likeness (QED) is 0.672. The van der Waals surface area contributed by atoms with Crippen LogP contribution in [0.4, 0.5) is 0 Å². The Morgan fingerprint density at radius 3 is 2.11 bits per heavy atom. The van der Waals surface area contributed by atoms with E-state index in [1.807, 2.05) is 0 Å². The highest BCUT2D eigenvalue weighted by atomic mass is 28.2. The highest BCUT2D eigenvalue weighted by Crippen LogP contribution is 2.33. The number of rotatable bonds is 5. The van der Waals surface area contributed by atoms with Crippen LogP contribution in [0.3, 0.4) is 0 Å². The van der Waals surface area contributed by atoms with Gasteiger partial charge in [0.1, 0.15) is 0 Å². The summed E-state index contributed by atoms with van der Waals surface area (Å²) in [6, 6.07) is 0. The fourth-order valence-corrected chi connectivity index (χ4v) is 5.24. The fraction of sp³-hybridized carbons (Fsp3) is 0.882. The van der Waals surface area contributed by atoms with Crippen molar-refractivity contribution in [1.82, 2.24) is 0 Å². The minimum absolute atomic E-state index is 0.421. The molecule has 0 spiro atoms. The predicted molar refractivity (Wildman–Crippen MR) is 86.0 cm³/mol. The van der Waals surface area contributed by atoms with E-state index in [2.05, 4.69) is 19.9 Å². The van der Waals surface area contributed by atoms with Crippen LogP contribution in [0.1, 0.15) is 78.1 Å². The van der Waals surface area contributed by atoms with E-state index < -0.39 is 9.76 Å². The predicted octanol–water partition coefficient (Wildman–Crippen LogP) is 4.54. The van der Waals surface area contributed by atoms with Gasteiger partial charge >= 0.3 is 0 Å². The van der Waals surface area contributed by atoms with Gasteiger partial charge in [0.2, 0.25) is 0 Å². The Morgan fingerprint density at radius 2 is 1.53 bits per heavy atom. The first-order chi connectivity index (χ1) is 9.25. The van der Waals surface area contributed by atoms with E-state index in [0.29, 0.717) is 6.10 Å². The smallest absolute Gasteiger partial charge is 0.188 e. The summed E-state index contributed by atoms with van der Waals surface area (Å²) in [6.45, 7) is 4.37. The molecule has 110 valence electrons. The van der Waals surface area contributed by atoms with Gasteiger partial charge in [0.05, 0.1) is 0 Å². The lowest BCUT2D eigenvalue weighted by Gasteiger charge is -2.27. The summed E-state index contributed by atoms with van der Waals surface area (Å²) < 4.78 is 6.07. The molecule has 0 radical (unpaired) electrons. The molecule has 0 heterocycles. The van der Waals surface area contributed by atoms with Crippen molar-refractivity contribution in [3.05, 3.63) is 11.3 Å². The van der Waals surface area contributed by atoms with Crippen LogP contribution in [-0.2, 0) is 4.43 Å². The van der Waals surface area contributed by atoms with Gasteiger partial charge < -0.3 is 4.43 Å². The molecular weight excluding hydrogens is 248 g/mol. The SMILES string of the molecule is CC(C)O[SiH2]C(=CC1CCCCC1)C1CCCCC1. The zero-order valence-corrected chi connectivity index (χ0v) is 14.4. The first-order valence-electron chi connectivity index (χ1n) is 8.58. The third kappa shape index (κ3) is 5.43. The van der Waals surface area contributed by atoms with Crippen LogP contribution < -0.4 is 0 Å². The Morgan fingerprint density at radius 1 is 0.947 bits per heavy atom. The van der Waals surface area contributed by atoms with Crippen molar-refractivity contribution in [3.63, 3.8) is 0 Å². The van der Waals surface area contributed by atoms with Crippen LogP contribution in [0.15, 0.2) is 11.3 Å². The van der Waals surface area contributed by atoms with Gasteiger partial charge in [-0.05, 0) is 51.4 Å². The molecule has 0 aromatic rings. The second-order valence-electron chi connectivity index (χ2n) is 6.83. The van der Waals surface area contributed by atoms with Gasteiger partial charge in [-0.1, -0.05) is 49.8 Å². The maximum atomic E-state index is 6.07. The minimum atomic E-state index is -0.451. The Bertz CT molecular complexity index is 273. The maximum Gasteiger partial charge on any atom is 0.188 e. The lowest BCUT2D eigenvalue weighted by atomic mass is 9.85. The Hall–Kier alpha value is -0.0831. The van der Waals surface area contributed by atoms with Crippen molar-refractivity contribution in [2.75, 3.05) is 0 Å². The van der Waals surface area contributed by atoms with Crippen molar-refractivity contribution in [1.29, 1.82) is 0 Å². The lowest BCUT2D eigenvalue weighted by Crippen LogP contribution is -2.20. The van der Waals surface area contributed by atoms with Crippen LogP contribution in [0.25, 0.3) is 0 Å². The first-order valence-corrected chi connectivity index (χ1v) is 9.86. The van der Waals surface area contributed by atoms with E-state index in [9.17, 15) is 0 Å². The van der Waals surface area contributed by atoms with Gasteiger partial charge in [-0.15, -0.1) is 0 Å². The molecule has 0 aromatic carbocycles. The van der Waals surface area contributed by atoms with Crippen molar-refractivity contribution >= 4 is 9.76 Å². The van der Waals surface area contributed by atoms with Gasteiger partial charge in [-0.3, -0.25) is 0 Å². The van der Waals surface area contributed by atoms with Crippen LogP contribution >= 0.6 is 0 Å². The van der Waals surface area contributed by atoms with Gasteiger partial charge in [-0.2, -0.15) is 0 Å². The monoisotopic (exact) mass is 280 g/mol. The van der Waals surface area contributed by atoms with Crippen molar-refractivity contribution in [3.8, 4) is 0 Å². The summed E-state index contributed by atoms with van der Waals surface area (Å²) in [5, 5.41) is 1.78. The van der Waals surface area contributed by atoms with Crippen molar-refractivity contribution < 1.29 is 4.43 Å². The number of allylic oxidation sites excluding steroid dienone is 2. The number of hydrogen-bond donors (Lipinski definition) is 0. The minimum Gasteiger partial charge on any atom is -0.417 e. The van der Waals surface area contributed by atoms with E-state index in [1.54, 1.807) is 5.20 Å². The van der Waals surface area contributed by atoms with Crippen LogP contribution in [-0.4, -0.2) is 15.9 Å². The molecule has 1 nitrogen and oxygen atoms in total. The molecule has 0 aromatic heterocycles. The molecule has 2 aliphatic rings. The average molecular weight is 281 g/mol. The van der Waals surface area contributed by atoms with E-state index >= 15 is 0 Å². The third-order valence-corrected chi connectivity index (χ3v) is 6.79. The highest BCUT2D eigenvalue weighted by molar-refractivity contribution is 6.38. The molecule has 0 atom stereocenters. The largest absolute Gasteiger partial charge is 0.417 e. The van der Waals surface area contributed by atoms with Crippen molar-refractivity contribution in [2.24, 2.45) is 11.8 Å². The van der Waals surface area contributed by atoms with E-state index in [1.165, 1.54) is 64.2 Å². The first kappa shape index (κ1) is 15.3. The lowest BCUT2D eigenvalue weighted by molar-refractivity contribution is 0.255. The molecule has 0 bridgehead atoms. The second-order valence-corrected chi connectivity index (χ2v) is 8.27. The molecule has 2 rings (SSSR count). The van der Waals surface area contributed by atoms with Gasteiger partial charge in [0, 0.05) is 6.10 Å². The summed E-state index contributed by atoms with van der Waals surface area (Å²) >= 11 is 0. The summed E-state index contributed by atoms with van der Waals surface area (Å²) in [6.07, 6.45) is 17.6. The molecule has 0 unspecified atom stereocenters. The summed E-state index contributed by atoms with van der Waals surface area (Å²) in [4.78, 5) is 0. The van der Waals surface area contributed by atoms with Crippen LogP contribution in [0.5, 0.6) is 0 Å². The van der Waals surface area contributed by atoms with Crippen molar-refractivity contribution in [2.45, 2.75) is 84.2 Å². The second kappa shape index (κ2) is 8.26. The third-order valence-electron chi connectivity index (χ3n) is 4.81. The zero-order chi connectivity index (χ0) is 13.5. The highest BCUT2D eigenvalue weighted by Gasteiger charge is 2.21. The molecule has 2 aliphatic carbocycles. The number of hydrogen-bond acceptors (Lipinski definition) is 1. The molecular formula is C17H32OSi. The van der Waals surface area contributed by atoms with E-state index in [-0.39, 0.29) is 0 Å². The molecule has 0 aliphatic heterocycles. The fourth-order valence-electron chi connectivity index (χ4n) is 3.64. The topological polar surface area (TPSA) is 9.23 Å². The molecule has 0 saturated heterocycles. The molecule has 2 saturated carbocycles. The molecule has 0 amide bonds. The Kier molecular flexibility index (Phi) is 6.65. The molecule has 19 heavy (non-hydrogen) atoms. The Balaban J connectivity index is 1.96. The molecule has 0 N–H and O–H groups in total. The normalized spacial score (nSPS) is 24.7. The Labute approximate surface area is 122 Å². The summed E-state index contributed by atoms with van der Waals surface area (Å²) in [7, 11) is -0.451. The molecule has 2 heteroatoms. The molecule has 2 fully saturated rings. The van der Waals surface area contributed by atoms with E-state index in [0.717, 1.165) is 11.8 Å². The average Bonchev–Trinajstić information content (AvgIpc) is 2.45. The van der Waals surface area contributed by atoms with Crippen LogP contribution in [0.2, 0.25) is 0 Å². The van der Waals surface area contributed by atoms with Gasteiger partial charge in [0.25, 0.3) is 0 Å². The summed E-state index contributed by atoms with van der Waals surface area (Å²) in [5.74, 6) is 1.77. The maximum absolute atomic E-state index is 6.07. The van der Waals surface area contributed by atoms with Gasteiger partial charge in [-0.25, -0.2) is 0 Å². The van der Waals surface area contributed by atoms with E-state index in [4.69, 9.17) is 4.43 Å².